The topological polar surface area (TPSA) is 85.4 Å². The van der Waals surface area contributed by atoms with E-state index in [0.717, 1.165) is 24.3 Å². The van der Waals surface area contributed by atoms with Crippen LogP contribution in [-0.2, 0) is 4.79 Å². The van der Waals surface area contributed by atoms with Crippen LogP contribution in [-0.4, -0.2) is 22.9 Å². The fraction of sp³-hybridized carbons (Fsp3) is 0.267. The third-order valence-corrected chi connectivity index (χ3v) is 3.51. The van der Waals surface area contributed by atoms with Crippen molar-refractivity contribution in [2.45, 2.75) is 12.8 Å². The molecule has 2 aromatic rings. The van der Waals surface area contributed by atoms with Gasteiger partial charge in [0.1, 0.15) is 0 Å². The first-order valence-electron chi connectivity index (χ1n) is 7.09. The highest BCUT2D eigenvalue weighted by molar-refractivity contribution is 5.93. The first kappa shape index (κ1) is 12.9. The molecule has 1 fully saturated rings. The summed E-state index contributed by atoms with van der Waals surface area (Å²) in [5.41, 5.74) is 0.827. The number of rotatable bonds is 4. The zero-order valence-electron chi connectivity index (χ0n) is 11.7. The number of aromatic nitrogens is 2. The van der Waals surface area contributed by atoms with Gasteiger partial charge in [0.2, 0.25) is 12.7 Å². The van der Waals surface area contributed by atoms with Gasteiger partial charge in [0, 0.05) is 17.7 Å². The van der Waals surface area contributed by atoms with Crippen LogP contribution in [0.2, 0.25) is 0 Å². The standard InChI is InChI=1S/C15H14N4O3/c20-15(9-1-2-9)17-14-6-5-13(18-19-14)16-10-3-4-11-12(7-10)22-8-21-11/h3-7,9H,1-2,8H2,(H,16,18)(H,17,19,20). The lowest BCUT2D eigenvalue weighted by Gasteiger charge is -2.07. The van der Waals surface area contributed by atoms with E-state index >= 15 is 0 Å². The fourth-order valence-corrected chi connectivity index (χ4v) is 2.16. The van der Waals surface area contributed by atoms with Crippen LogP contribution in [0.1, 0.15) is 12.8 Å². The van der Waals surface area contributed by atoms with Crippen molar-refractivity contribution in [3.8, 4) is 11.5 Å². The number of hydrogen-bond acceptors (Lipinski definition) is 6. The second kappa shape index (κ2) is 5.18. The molecule has 1 saturated carbocycles. The van der Waals surface area contributed by atoms with Crippen molar-refractivity contribution in [1.82, 2.24) is 10.2 Å². The second-order valence-electron chi connectivity index (χ2n) is 5.26. The van der Waals surface area contributed by atoms with Gasteiger partial charge in [0.15, 0.2) is 23.1 Å². The van der Waals surface area contributed by atoms with Crippen molar-refractivity contribution in [2.24, 2.45) is 5.92 Å². The van der Waals surface area contributed by atoms with Crippen LogP contribution in [0.25, 0.3) is 0 Å². The molecule has 1 aromatic carbocycles. The van der Waals surface area contributed by atoms with Gasteiger partial charge in [-0.2, -0.15) is 0 Å². The number of amides is 1. The van der Waals surface area contributed by atoms with Crippen LogP contribution < -0.4 is 20.1 Å². The van der Waals surface area contributed by atoms with E-state index in [1.807, 2.05) is 18.2 Å². The number of hydrogen-bond donors (Lipinski definition) is 2. The molecule has 0 saturated heterocycles. The molecule has 1 aromatic heterocycles. The summed E-state index contributed by atoms with van der Waals surface area (Å²) in [5, 5.41) is 13.9. The summed E-state index contributed by atoms with van der Waals surface area (Å²) in [6.07, 6.45) is 1.92. The van der Waals surface area contributed by atoms with Crippen molar-refractivity contribution >= 4 is 23.2 Å². The molecule has 2 heterocycles. The molecule has 0 bridgehead atoms. The minimum absolute atomic E-state index is 0.0192. The maximum absolute atomic E-state index is 11.6. The number of carbonyl (C=O) groups excluding carboxylic acids is 1. The lowest BCUT2D eigenvalue weighted by atomic mass is 10.3. The van der Waals surface area contributed by atoms with Gasteiger partial charge in [-0.05, 0) is 37.1 Å². The molecule has 22 heavy (non-hydrogen) atoms. The van der Waals surface area contributed by atoms with Crippen molar-refractivity contribution in [3.05, 3.63) is 30.3 Å². The first-order valence-corrected chi connectivity index (χ1v) is 7.09. The number of fused-ring (bicyclic) bond motifs is 1. The maximum atomic E-state index is 11.6. The minimum atomic E-state index is 0.0192. The van der Waals surface area contributed by atoms with E-state index in [4.69, 9.17) is 9.47 Å². The molecule has 0 atom stereocenters. The Kier molecular flexibility index (Phi) is 3.03. The Labute approximate surface area is 126 Å². The third-order valence-electron chi connectivity index (χ3n) is 3.51. The van der Waals surface area contributed by atoms with E-state index in [1.54, 1.807) is 12.1 Å². The summed E-state index contributed by atoms with van der Waals surface area (Å²) in [4.78, 5) is 11.6. The minimum Gasteiger partial charge on any atom is -0.454 e. The Morgan fingerprint density at radius 3 is 2.59 bits per heavy atom. The average molecular weight is 298 g/mol. The molecule has 1 amide bonds. The summed E-state index contributed by atoms with van der Waals surface area (Å²) in [5.74, 6) is 2.65. The molecular weight excluding hydrogens is 284 g/mol. The van der Waals surface area contributed by atoms with Crippen molar-refractivity contribution < 1.29 is 14.3 Å². The van der Waals surface area contributed by atoms with E-state index in [-0.39, 0.29) is 18.6 Å². The Morgan fingerprint density at radius 1 is 1.05 bits per heavy atom. The molecule has 4 rings (SSSR count). The van der Waals surface area contributed by atoms with Gasteiger partial charge < -0.3 is 20.1 Å². The van der Waals surface area contributed by atoms with Crippen LogP contribution in [0.4, 0.5) is 17.3 Å². The number of nitrogens with zero attached hydrogens (tertiary/aromatic N) is 2. The first-order chi connectivity index (χ1) is 10.8. The Balaban J connectivity index is 1.43. The molecule has 1 aliphatic carbocycles. The number of nitrogens with one attached hydrogen (secondary N) is 2. The highest BCUT2D eigenvalue weighted by Crippen LogP contribution is 2.35. The Bertz CT molecular complexity index is 713. The van der Waals surface area contributed by atoms with E-state index in [0.29, 0.717) is 17.4 Å². The average Bonchev–Trinajstić information content (AvgIpc) is 3.28. The molecule has 0 unspecified atom stereocenters. The van der Waals surface area contributed by atoms with Crippen LogP contribution in [0.3, 0.4) is 0 Å². The van der Waals surface area contributed by atoms with Gasteiger partial charge in [-0.25, -0.2) is 0 Å². The molecule has 2 aliphatic rings. The molecule has 1 aliphatic heterocycles. The molecule has 2 N–H and O–H groups in total. The van der Waals surface area contributed by atoms with Crippen LogP contribution in [0.15, 0.2) is 30.3 Å². The molecule has 112 valence electrons. The van der Waals surface area contributed by atoms with Gasteiger partial charge in [0.25, 0.3) is 0 Å². The quantitative estimate of drug-likeness (QED) is 0.901. The number of anilines is 3. The molecule has 0 spiro atoms. The second-order valence-corrected chi connectivity index (χ2v) is 5.26. The molecule has 0 radical (unpaired) electrons. The highest BCUT2D eigenvalue weighted by Gasteiger charge is 2.29. The van der Waals surface area contributed by atoms with E-state index in [2.05, 4.69) is 20.8 Å². The van der Waals surface area contributed by atoms with Crippen LogP contribution in [0.5, 0.6) is 11.5 Å². The lowest BCUT2D eigenvalue weighted by Crippen LogP contribution is -2.14. The summed E-state index contributed by atoms with van der Waals surface area (Å²) in [6.45, 7) is 0.244. The van der Waals surface area contributed by atoms with Gasteiger partial charge in [0.05, 0.1) is 0 Å². The van der Waals surface area contributed by atoms with Crippen LogP contribution >= 0.6 is 0 Å². The van der Waals surface area contributed by atoms with E-state index in [9.17, 15) is 4.79 Å². The summed E-state index contributed by atoms with van der Waals surface area (Å²) >= 11 is 0. The zero-order chi connectivity index (χ0) is 14.9. The third kappa shape index (κ3) is 2.65. The van der Waals surface area contributed by atoms with Gasteiger partial charge in [-0.15, -0.1) is 10.2 Å². The Hall–Kier alpha value is -2.83. The van der Waals surface area contributed by atoms with Crippen molar-refractivity contribution in [3.63, 3.8) is 0 Å². The SMILES string of the molecule is O=C(Nc1ccc(Nc2ccc3c(c2)OCO3)nn1)C1CC1. The molecule has 7 heteroatoms. The van der Waals surface area contributed by atoms with Gasteiger partial charge >= 0.3 is 0 Å². The zero-order valence-corrected chi connectivity index (χ0v) is 11.7. The summed E-state index contributed by atoms with van der Waals surface area (Å²) in [7, 11) is 0. The monoisotopic (exact) mass is 298 g/mol. The smallest absolute Gasteiger partial charge is 0.231 e. The van der Waals surface area contributed by atoms with E-state index in [1.165, 1.54) is 0 Å². The summed E-state index contributed by atoms with van der Waals surface area (Å²) < 4.78 is 10.6. The van der Waals surface area contributed by atoms with Crippen molar-refractivity contribution in [1.29, 1.82) is 0 Å². The van der Waals surface area contributed by atoms with E-state index < -0.39 is 0 Å². The van der Waals surface area contributed by atoms with Gasteiger partial charge in [-0.1, -0.05) is 0 Å². The Morgan fingerprint density at radius 2 is 1.82 bits per heavy atom. The van der Waals surface area contributed by atoms with Crippen LogP contribution in [0, 0.1) is 5.92 Å². The normalized spacial score (nSPS) is 15.5. The predicted molar refractivity (Wildman–Crippen MR) is 79.2 cm³/mol. The summed E-state index contributed by atoms with van der Waals surface area (Å²) in [6, 6.07) is 9.04. The molecular formula is C15H14N4O3. The highest BCUT2D eigenvalue weighted by atomic mass is 16.7. The fourth-order valence-electron chi connectivity index (χ4n) is 2.16. The van der Waals surface area contributed by atoms with Crippen molar-refractivity contribution in [2.75, 3.05) is 17.4 Å². The maximum Gasteiger partial charge on any atom is 0.231 e. The lowest BCUT2D eigenvalue weighted by molar-refractivity contribution is -0.117. The predicted octanol–water partition coefficient (Wildman–Crippen LogP) is 2.30. The number of benzene rings is 1. The number of carbonyl (C=O) groups is 1. The largest absolute Gasteiger partial charge is 0.454 e. The number of ether oxygens (including phenoxy) is 2. The van der Waals surface area contributed by atoms with Gasteiger partial charge in [-0.3, -0.25) is 4.79 Å². The molecule has 7 nitrogen and oxygen atoms in total.